The van der Waals surface area contributed by atoms with Crippen molar-refractivity contribution in [3.05, 3.63) is 34.1 Å². The molecule has 1 aromatic carbocycles. The van der Waals surface area contributed by atoms with E-state index in [9.17, 15) is 9.50 Å². The molecule has 0 spiro atoms. The van der Waals surface area contributed by atoms with Crippen LogP contribution in [0.15, 0.2) is 22.7 Å². The van der Waals surface area contributed by atoms with Crippen LogP contribution in [0.4, 0.5) is 4.39 Å². The van der Waals surface area contributed by atoms with Crippen LogP contribution in [-0.4, -0.2) is 31.0 Å². The van der Waals surface area contributed by atoms with E-state index in [1.807, 2.05) is 6.92 Å². The highest BCUT2D eigenvalue weighted by Crippen LogP contribution is 2.17. The first-order valence-electron chi connectivity index (χ1n) is 5.54. The van der Waals surface area contributed by atoms with Crippen molar-refractivity contribution in [3.63, 3.8) is 0 Å². The van der Waals surface area contributed by atoms with Crippen LogP contribution in [0.25, 0.3) is 0 Å². The van der Waals surface area contributed by atoms with Gasteiger partial charge in [0.1, 0.15) is 5.82 Å². The minimum absolute atomic E-state index is 0.264. The third kappa shape index (κ3) is 5.59. The van der Waals surface area contributed by atoms with E-state index in [4.69, 9.17) is 4.74 Å². The Morgan fingerprint density at radius 2 is 2.29 bits per heavy atom. The number of nitrogens with one attached hydrogen (secondary N) is 1. The maximum atomic E-state index is 13.0. The van der Waals surface area contributed by atoms with Crippen molar-refractivity contribution in [2.24, 2.45) is 0 Å². The predicted molar refractivity (Wildman–Crippen MR) is 68.3 cm³/mol. The maximum absolute atomic E-state index is 13.0. The number of hydrogen-bond donors (Lipinski definition) is 2. The van der Waals surface area contributed by atoms with Gasteiger partial charge in [-0.05, 0) is 30.7 Å². The molecule has 0 amide bonds. The zero-order valence-corrected chi connectivity index (χ0v) is 11.3. The van der Waals surface area contributed by atoms with Gasteiger partial charge in [-0.1, -0.05) is 15.9 Å². The average molecular weight is 306 g/mol. The highest BCUT2D eigenvalue weighted by atomic mass is 79.9. The van der Waals surface area contributed by atoms with Crippen LogP contribution in [0, 0.1) is 5.82 Å². The molecule has 1 unspecified atom stereocenters. The molecule has 1 aromatic rings. The van der Waals surface area contributed by atoms with Gasteiger partial charge in [0.25, 0.3) is 0 Å². The predicted octanol–water partition coefficient (Wildman–Crippen LogP) is 2.08. The van der Waals surface area contributed by atoms with Gasteiger partial charge in [-0.2, -0.15) is 0 Å². The summed E-state index contributed by atoms with van der Waals surface area (Å²) in [5.74, 6) is -0.264. The molecule has 0 saturated heterocycles. The summed E-state index contributed by atoms with van der Waals surface area (Å²) in [5.41, 5.74) is 0.827. The highest BCUT2D eigenvalue weighted by Gasteiger charge is 2.05. The SMILES string of the molecule is CCOCC(O)CNCc1cc(F)ccc1Br. The van der Waals surface area contributed by atoms with Crippen molar-refractivity contribution in [2.45, 2.75) is 19.6 Å². The first-order valence-corrected chi connectivity index (χ1v) is 6.33. The molecule has 0 fully saturated rings. The second kappa shape index (κ2) is 7.76. The van der Waals surface area contributed by atoms with Gasteiger partial charge in [0.15, 0.2) is 0 Å². The summed E-state index contributed by atoms with van der Waals surface area (Å²) in [7, 11) is 0. The van der Waals surface area contributed by atoms with Crippen LogP contribution in [0.5, 0.6) is 0 Å². The molecule has 17 heavy (non-hydrogen) atoms. The quantitative estimate of drug-likeness (QED) is 0.810. The molecule has 2 N–H and O–H groups in total. The van der Waals surface area contributed by atoms with Crippen LogP contribution >= 0.6 is 15.9 Å². The Labute approximate surface area is 109 Å². The molecular weight excluding hydrogens is 289 g/mol. The molecule has 0 radical (unpaired) electrons. The summed E-state index contributed by atoms with van der Waals surface area (Å²) in [5, 5.41) is 12.6. The Balaban J connectivity index is 2.32. The number of ether oxygens (including phenoxy) is 1. The monoisotopic (exact) mass is 305 g/mol. The Kier molecular flexibility index (Phi) is 6.65. The van der Waals surface area contributed by atoms with Gasteiger partial charge in [-0.3, -0.25) is 0 Å². The number of aliphatic hydroxyl groups excluding tert-OH is 1. The first kappa shape index (κ1) is 14.6. The lowest BCUT2D eigenvalue weighted by Crippen LogP contribution is -2.30. The van der Waals surface area contributed by atoms with Crippen molar-refractivity contribution in [1.29, 1.82) is 0 Å². The van der Waals surface area contributed by atoms with Gasteiger partial charge >= 0.3 is 0 Å². The van der Waals surface area contributed by atoms with Crippen molar-refractivity contribution in [3.8, 4) is 0 Å². The second-order valence-electron chi connectivity index (χ2n) is 3.68. The fourth-order valence-electron chi connectivity index (χ4n) is 1.37. The smallest absolute Gasteiger partial charge is 0.123 e. The average Bonchev–Trinajstić information content (AvgIpc) is 2.31. The van der Waals surface area contributed by atoms with Gasteiger partial charge in [-0.25, -0.2) is 4.39 Å². The minimum Gasteiger partial charge on any atom is -0.389 e. The van der Waals surface area contributed by atoms with E-state index >= 15 is 0 Å². The Hall–Kier alpha value is -0.490. The van der Waals surface area contributed by atoms with Crippen molar-refractivity contribution >= 4 is 15.9 Å². The molecule has 0 aromatic heterocycles. The normalized spacial score (nSPS) is 12.7. The molecule has 0 aliphatic rings. The number of aliphatic hydroxyl groups is 1. The summed E-state index contributed by atoms with van der Waals surface area (Å²) in [6.07, 6.45) is -0.540. The standard InChI is InChI=1S/C12H17BrFNO2/c1-2-17-8-11(16)7-15-6-9-5-10(14)3-4-12(9)13/h3-5,11,15-16H,2,6-8H2,1H3. The zero-order chi connectivity index (χ0) is 12.7. The van der Waals surface area contributed by atoms with Crippen molar-refractivity contribution in [1.82, 2.24) is 5.32 Å². The van der Waals surface area contributed by atoms with Crippen LogP contribution in [-0.2, 0) is 11.3 Å². The molecule has 1 rings (SSSR count). The van der Waals surface area contributed by atoms with Crippen LogP contribution in [0.2, 0.25) is 0 Å². The summed E-state index contributed by atoms with van der Waals surface area (Å²) >= 11 is 3.35. The number of benzene rings is 1. The van der Waals surface area contributed by atoms with Gasteiger partial charge < -0.3 is 15.2 Å². The van der Waals surface area contributed by atoms with E-state index in [-0.39, 0.29) is 5.82 Å². The summed E-state index contributed by atoms with van der Waals surface area (Å²) in [6, 6.07) is 4.53. The van der Waals surface area contributed by atoms with Gasteiger partial charge in [0.2, 0.25) is 0 Å². The van der Waals surface area contributed by atoms with Crippen LogP contribution < -0.4 is 5.32 Å². The minimum atomic E-state index is -0.540. The van der Waals surface area contributed by atoms with Gasteiger partial charge in [-0.15, -0.1) is 0 Å². The fraction of sp³-hybridized carbons (Fsp3) is 0.500. The molecule has 0 aliphatic heterocycles. The molecule has 0 heterocycles. The molecule has 3 nitrogen and oxygen atoms in total. The lowest BCUT2D eigenvalue weighted by atomic mass is 10.2. The van der Waals surface area contributed by atoms with E-state index < -0.39 is 6.10 Å². The summed E-state index contributed by atoms with van der Waals surface area (Å²) in [4.78, 5) is 0. The first-order chi connectivity index (χ1) is 8.13. The van der Waals surface area contributed by atoms with Crippen LogP contribution in [0.1, 0.15) is 12.5 Å². The van der Waals surface area contributed by atoms with E-state index in [0.717, 1.165) is 10.0 Å². The third-order valence-corrected chi connectivity index (χ3v) is 2.99. The molecule has 96 valence electrons. The molecule has 0 saturated carbocycles. The summed E-state index contributed by atoms with van der Waals surface area (Å²) in [6.45, 7) is 3.70. The van der Waals surface area contributed by atoms with Crippen LogP contribution in [0.3, 0.4) is 0 Å². The van der Waals surface area contributed by atoms with E-state index in [1.54, 1.807) is 6.07 Å². The molecule has 0 aliphatic carbocycles. The fourth-order valence-corrected chi connectivity index (χ4v) is 1.75. The largest absolute Gasteiger partial charge is 0.389 e. The second-order valence-corrected chi connectivity index (χ2v) is 4.53. The summed E-state index contributed by atoms with van der Waals surface area (Å²) < 4.78 is 18.9. The lowest BCUT2D eigenvalue weighted by molar-refractivity contribution is 0.0427. The van der Waals surface area contributed by atoms with Gasteiger partial charge in [0, 0.05) is 24.2 Å². The molecule has 5 heteroatoms. The van der Waals surface area contributed by atoms with Crippen molar-refractivity contribution < 1.29 is 14.2 Å². The van der Waals surface area contributed by atoms with E-state index in [0.29, 0.717) is 26.3 Å². The number of rotatable bonds is 7. The van der Waals surface area contributed by atoms with E-state index in [1.165, 1.54) is 12.1 Å². The van der Waals surface area contributed by atoms with Crippen molar-refractivity contribution in [2.75, 3.05) is 19.8 Å². The maximum Gasteiger partial charge on any atom is 0.123 e. The Morgan fingerprint density at radius 3 is 3.00 bits per heavy atom. The molecular formula is C12H17BrFNO2. The Bertz CT molecular complexity index is 349. The molecule has 1 atom stereocenters. The number of halogens is 2. The zero-order valence-electron chi connectivity index (χ0n) is 9.75. The number of hydrogen-bond acceptors (Lipinski definition) is 3. The highest BCUT2D eigenvalue weighted by molar-refractivity contribution is 9.10. The molecule has 0 bridgehead atoms. The van der Waals surface area contributed by atoms with Gasteiger partial charge in [0.05, 0.1) is 12.7 Å². The van der Waals surface area contributed by atoms with E-state index in [2.05, 4.69) is 21.2 Å². The Morgan fingerprint density at radius 1 is 1.53 bits per heavy atom. The topological polar surface area (TPSA) is 41.5 Å². The third-order valence-electron chi connectivity index (χ3n) is 2.22. The lowest BCUT2D eigenvalue weighted by Gasteiger charge is -2.12.